The van der Waals surface area contributed by atoms with Gasteiger partial charge in [-0.05, 0) is 41.5 Å². The van der Waals surface area contributed by atoms with E-state index in [9.17, 15) is 0 Å². The molecule has 1 heterocycles. The molecule has 0 aromatic heterocycles. The third-order valence-electron chi connectivity index (χ3n) is 3.74. The fourth-order valence-corrected chi connectivity index (χ4v) is 15.8. The van der Waals surface area contributed by atoms with Gasteiger partial charge in [-0.25, -0.2) is 0 Å². The zero-order chi connectivity index (χ0) is 17.8. The van der Waals surface area contributed by atoms with Gasteiger partial charge < -0.3 is 8.85 Å². The van der Waals surface area contributed by atoms with Gasteiger partial charge in [0.2, 0.25) is 0 Å². The Morgan fingerprint density at radius 1 is 0.500 bits per heavy atom. The van der Waals surface area contributed by atoms with E-state index in [0.717, 1.165) is 0 Å². The van der Waals surface area contributed by atoms with Crippen LogP contribution in [0.3, 0.4) is 0 Å². The van der Waals surface area contributed by atoms with Crippen LogP contribution in [-0.4, -0.2) is 28.5 Å². The molecule has 0 amide bonds. The topological polar surface area (TPSA) is 42.5 Å². The normalized spacial score (nSPS) is 31.1. The standard InChI is InChI=1S/C16H38N2O2Si2/c1-13(2,3)19-21(15(7,8)9)17-22(18-21,16(10,11)12)20-14(4,5)6/h17-18H,1-12H3. The van der Waals surface area contributed by atoms with E-state index in [1.54, 1.807) is 0 Å². The third-order valence-corrected chi connectivity index (χ3v) is 15.4. The molecule has 1 fully saturated rings. The first-order valence-electron chi connectivity index (χ1n) is 8.32. The van der Waals surface area contributed by atoms with Crippen molar-refractivity contribution in [2.45, 2.75) is 104 Å². The quantitative estimate of drug-likeness (QED) is 0.732. The van der Waals surface area contributed by atoms with Crippen molar-refractivity contribution in [1.82, 2.24) is 9.30 Å². The van der Waals surface area contributed by atoms with Crippen molar-refractivity contribution >= 4 is 17.3 Å². The van der Waals surface area contributed by atoms with Gasteiger partial charge in [-0.1, -0.05) is 41.5 Å². The van der Waals surface area contributed by atoms with Crippen molar-refractivity contribution in [3.05, 3.63) is 0 Å². The fourth-order valence-electron chi connectivity index (χ4n) is 2.57. The van der Waals surface area contributed by atoms with E-state index >= 15 is 0 Å². The van der Waals surface area contributed by atoms with E-state index in [2.05, 4.69) is 92.4 Å². The SMILES string of the molecule is CC(C)(C)O[Si]1(C(C)(C)C)N[Si](OC(C)(C)C)(C(C)(C)C)N1. The lowest BCUT2D eigenvalue weighted by atomic mass is 10.2. The lowest BCUT2D eigenvalue weighted by molar-refractivity contribution is 0.0663. The molecule has 0 unspecified atom stereocenters. The van der Waals surface area contributed by atoms with Gasteiger partial charge in [-0.2, -0.15) is 0 Å². The van der Waals surface area contributed by atoms with Crippen molar-refractivity contribution < 1.29 is 8.85 Å². The molecular weight excluding hydrogens is 308 g/mol. The average molecular weight is 347 g/mol. The summed E-state index contributed by atoms with van der Waals surface area (Å²) in [5.74, 6) is 0. The van der Waals surface area contributed by atoms with Crippen LogP contribution in [0.5, 0.6) is 0 Å². The summed E-state index contributed by atoms with van der Waals surface area (Å²) in [5.41, 5.74) is -0.362. The van der Waals surface area contributed by atoms with Crippen LogP contribution in [0, 0.1) is 0 Å². The first-order valence-corrected chi connectivity index (χ1v) is 12.1. The zero-order valence-electron chi connectivity index (χ0n) is 16.8. The largest absolute Gasteiger partial charge is 0.387 e. The van der Waals surface area contributed by atoms with E-state index in [1.807, 2.05) is 0 Å². The van der Waals surface area contributed by atoms with E-state index in [-0.39, 0.29) is 21.3 Å². The molecule has 1 saturated heterocycles. The summed E-state index contributed by atoms with van der Waals surface area (Å²) < 4.78 is 21.0. The molecule has 1 aliphatic rings. The smallest absolute Gasteiger partial charge is 0.349 e. The van der Waals surface area contributed by atoms with Crippen molar-refractivity contribution in [1.29, 1.82) is 0 Å². The molecule has 0 aliphatic carbocycles. The summed E-state index contributed by atoms with van der Waals surface area (Å²) >= 11 is 0. The van der Waals surface area contributed by atoms with Crippen molar-refractivity contribution in [3.63, 3.8) is 0 Å². The van der Waals surface area contributed by atoms with Crippen molar-refractivity contribution in [3.8, 4) is 0 Å². The van der Waals surface area contributed by atoms with Crippen LogP contribution in [-0.2, 0) is 8.85 Å². The molecule has 0 bridgehead atoms. The predicted octanol–water partition coefficient (Wildman–Crippen LogP) is 4.29. The highest BCUT2D eigenvalue weighted by Gasteiger charge is 2.72. The third kappa shape index (κ3) is 4.21. The summed E-state index contributed by atoms with van der Waals surface area (Å²) in [7, 11) is -4.58. The highest BCUT2D eigenvalue weighted by Crippen LogP contribution is 2.48. The van der Waals surface area contributed by atoms with Gasteiger partial charge in [0.1, 0.15) is 0 Å². The number of rotatable bonds is 2. The molecule has 0 spiro atoms. The number of hydrogen-bond donors (Lipinski definition) is 2. The minimum absolute atomic E-state index is 0.0449. The Balaban J connectivity index is 3.16. The molecule has 0 radical (unpaired) electrons. The van der Waals surface area contributed by atoms with Crippen LogP contribution in [0.2, 0.25) is 10.1 Å². The van der Waals surface area contributed by atoms with Crippen LogP contribution in [0.1, 0.15) is 83.1 Å². The first kappa shape index (κ1) is 20.3. The van der Waals surface area contributed by atoms with Crippen molar-refractivity contribution in [2.75, 3.05) is 0 Å². The zero-order valence-corrected chi connectivity index (χ0v) is 18.8. The Kier molecular flexibility index (Phi) is 4.98. The lowest BCUT2D eigenvalue weighted by Crippen LogP contribution is -2.99. The van der Waals surface area contributed by atoms with E-state index in [0.29, 0.717) is 0 Å². The summed E-state index contributed by atoms with van der Waals surface area (Å²) in [6.45, 7) is 26.3. The van der Waals surface area contributed by atoms with Gasteiger partial charge in [-0.3, -0.25) is 9.30 Å². The van der Waals surface area contributed by atoms with Gasteiger partial charge in [-0.15, -0.1) is 0 Å². The van der Waals surface area contributed by atoms with Crippen LogP contribution >= 0.6 is 0 Å². The van der Waals surface area contributed by atoms with Crippen LogP contribution in [0.4, 0.5) is 0 Å². The molecule has 132 valence electrons. The first-order chi connectivity index (χ1) is 9.33. The maximum Gasteiger partial charge on any atom is 0.349 e. The van der Waals surface area contributed by atoms with Crippen molar-refractivity contribution in [2.24, 2.45) is 0 Å². The second kappa shape index (κ2) is 5.39. The minimum Gasteiger partial charge on any atom is -0.387 e. The van der Waals surface area contributed by atoms with Gasteiger partial charge in [0.25, 0.3) is 0 Å². The van der Waals surface area contributed by atoms with Gasteiger partial charge in [0, 0.05) is 10.1 Å². The summed E-state index contributed by atoms with van der Waals surface area (Å²) in [6, 6.07) is 0. The Morgan fingerprint density at radius 3 is 0.864 bits per heavy atom. The second-order valence-electron chi connectivity index (χ2n) is 10.5. The Labute approximate surface area is 140 Å². The highest BCUT2D eigenvalue weighted by atomic mass is 28.5. The Bertz CT molecular complexity index is 368. The molecule has 0 aromatic rings. The summed E-state index contributed by atoms with van der Waals surface area (Å²) in [4.78, 5) is 0. The van der Waals surface area contributed by atoms with Crippen LogP contribution in [0.25, 0.3) is 0 Å². The fraction of sp³-hybridized carbons (Fsp3) is 1.00. The number of hydrogen-bond acceptors (Lipinski definition) is 4. The van der Waals surface area contributed by atoms with Gasteiger partial charge in [0.05, 0.1) is 11.2 Å². The maximum absolute atomic E-state index is 6.56. The molecular formula is C16H38N2O2Si2. The van der Waals surface area contributed by atoms with Gasteiger partial charge >= 0.3 is 17.3 Å². The molecule has 0 atom stereocenters. The molecule has 0 aromatic carbocycles. The summed E-state index contributed by atoms with van der Waals surface area (Å²) in [6.07, 6.45) is 0. The monoisotopic (exact) mass is 346 g/mol. The molecule has 6 heteroatoms. The molecule has 2 N–H and O–H groups in total. The Hall–Kier alpha value is 0.274. The van der Waals surface area contributed by atoms with Gasteiger partial charge in [0.15, 0.2) is 0 Å². The van der Waals surface area contributed by atoms with E-state index < -0.39 is 17.3 Å². The molecule has 1 rings (SSSR count). The number of nitrogens with one attached hydrogen (secondary N) is 2. The van der Waals surface area contributed by atoms with E-state index in [1.165, 1.54) is 0 Å². The predicted molar refractivity (Wildman–Crippen MR) is 98.9 cm³/mol. The summed E-state index contributed by atoms with van der Waals surface area (Å²) in [5, 5.41) is 0.0898. The second-order valence-corrected chi connectivity index (χ2v) is 18.7. The minimum atomic E-state index is -2.29. The molecule has 22 heavy (non-hydrogen) atoms. The van der Waals surface area contributed by atoms with Crippen LogP contribution in [0.15, 0.2) is 0 Å². The highest BCUT2D eigenvalue weighted by molar-refractivity contribution is 7.03. The van der Waals surface area contributed by atoms with Crippen LogP contribution < -0.4 is 9.30 Å². The average Bonchev–Trinajstić information content (AvgIpc) is 2.04. The van der Waals surface area contributed by atoms with E-state index in [4.69, 9.17) is 8.85 Å². The maximum atomic E-state index is 6.56. The molecule has 4 nitrogen and oxygen atoms in total. The Morgan fingerprint density at radius 2 is 0.727 bits per heavy atom. The lowest BCUT2D eigenvalue weighted by Gasteiger charge is -2.64. The molecule has 1 aliphatic heterocycles. The molecule has 0 saturated carbocycles.